The third-order valence-corrected chi connectivity index (χ3v) is 4.66. The van der Waals surface area contributed by atoms with Gasteiger partial charge in [-0.2, -0.15) is 0 Å². The SMILES string of the molecule is CCOc1[c]cc2c(Nc3ccc(OCc4ccccn4)c(C)c3)nc(C(N)=O)nc2c1. The highest BCUT2D eigenvalue weighted by Crippen LogP contribution is 2.29. The number of carbonyl (C=O) groups excluding carboxylic acids is 1. The van der Waals surface area contributed by atoms with E-state index in [1.165, 1.54) is 0 Å². The molecule has 0 aliphatic carbocycles. The molecule has 32 heavy (non-hydrogen) atoms. The van der Waals surface area contributed by atoms with Crippen LogP contribution in [0, 0.1) is 13.0 Å². The van der Waals surface area contributed by atoms with E-state index in [1.807, 2.05) is 50.2 Å². The zero-order chi connectivity index (χ0) is 22.5. The summed E-state index contributed by atoms with van der Waals surface area (Å²) in [6, 6.07) is 17.9. The molecule has 0 atom stereocenters. The van der Waals surface area contributed by atoms with E-state index in [9.17, 15) is 4.79 Å². The van der Waals surface area contributed by atoms with Gasteiger partial charge in [0.1, 0.15) is 23.9 Å². The average molecular weight is 428 g/mol. The minimum atomic E-state index is -0.713. The van der Waals surface area contributed by atoms with E-state index in [1.54, 1.807) is 18.3 Å². The lowest BCUT2D eigenvalue weighted by Gasteiger charge is -2.13. The van der Waals surface area contributed by atoms with Gasteiger partial charge in [-0.3, -0.25) is 9.78 Å². The first-order chi connectivity index (χ1) is 15.5. The fourth-order valence-corrected chi connectivity index (χ4v) is 3.15. The van der Waals surface area contributed by atoms with Crippen LogP contribution < -0.4 is 20.5 Å². The second kappa shape index (κ2) is 9.30. The van der Waals surface area contributed by atoms with E-state index in [0.717, 1.165) is 22.7 Å². The third kappa shape index (κ3) is 4.75. The first kappa shape index (κ1) is 21.0. The summed E-state index contributed by atoms with van der Waals surface area (Å²) in [7, 11) is 0. The minimum absolute atomic E-state index is 0.0827. The number of nitrogens with two attached hydrogens (primary N) is 1. The maximum atomic E-state index is 11.8. The fraction of sp³-hybridized carbons (Fsp3) is 0.167. The molecule has 2 aromatic carbocycles. The van der Waals surface area contributed by atoms with Crippen LogP contribution in [0.3, 0.4) is 0 Å². The Labute approximate surface area is 185 Å². The molecule has 161 valence electrons. The Hall–Kier alpha value is -4.20. The van der Waals surface area contributed by atoms with Crippen molar-refractivity contribution >= 4 is 28.3 Å². The van der Waals surface area contributed by atoms with Crippen molar-refractivity contribution < 1.29 is 14.3 Å². The van der Waals surface area contributed by atoms with E-state index in [2.05, 4.69) is 26.3 Å². The number of pyridine rings is 1. The van der Waals surface area contributed by atoms with Gasteiger partial charge in [0.25, 0.3) is 5.91 Å². The van der Waals surface area contributed by atoms with Crippen molar-refractivity contribution in [2.45, 2.75) is 20.5 Å². The number of fused-ring (bicyclic) bond motifs is 1. The lowest BCUT2D eigenvalue weighted by Crippen LogP contribution is -2.16. The highest BCUT2D eigenvalue weighted by molar-refractivity contribution is 5.97. The lowest BCUT2D eigenvalue weighted by molar-refractivity contribution is 0.0991. The zero-order valence-corrected chi connectivity index (χ0v) is 17.8. The Kier molecular flexibility index (Phi) is 6.12. The van der Waals surface area contributed by atoms with Crippen molar-refractivity contribution in [2.24, 2.45) is 5.73 Å². The zero-order valence-electron chi connectivity index (χ0n) is 17.8. The molecule has 1 amide bonds. The number of amides is 1. The Balaban J connectivity index is 1.60. The molecule has 4 aromatic rings. The predicted molar refractivity (Wildman–Crippen MR) is 121 cm³/mol. The van der Waals surface area contributed by atoms with Crippen LogP contribution in [0.4, 0.5) is 11.5 Å². The molecule has 2 heterocycles. The molecule has 0 bridgehead atoms. The van der Waals surface area contributed by atoms with E-state index >= 15 is 0 Å². The summed E-state index contributed by atoms with van der Waals surface area (Å²) in [5.74, 6) is 0.937. The smallest absolute Gasteiger partial charge is 0.286 e. The second-order valence-electron chi connectivity index (χ2n) is 7.00. The Bertz CT molecular complexity index is 1260. The van der Waals surface area contributed by atoms with Crippen LogP contribution in [0.5, 0.6) is 11.5 Å². The van der Waals surface area contributed by atoms with Crippen LogP contribution in [0.2, 0.25) is 0 Å². The van der Waals surface area contributed by atoms with Crippen LogP contribution in [0.25, 0.3) is 10.9 Å². The summed E-state index contributed by atoms with van der Waals surface area (Å²) in [6.07, 6.45) is 1.74. The quantitative estimate of drug-likeness (QED) is 0.437. The molecule has 3 N–H and O–H groups in total. The third-order valence-electron chi connectivity index (χ3n) is 4.66. The van der Waals surface area contributed by atoms with Crippen LogP contribution >= 0.6 is 0 Å². The van der Waals surface area contributed by atoms with Gasteiger partial charge in [0.05, 0.1) is 17.8 Å². The van der Waals surface area contributed by atoms with Gasteiger partial charge in [0, 0.05) is 29.4 Å². The summed E-state index contributed by atoms with van der Waals surface area (Å²) in [6.45, 7) is 4.71. The molecule has 4 rings (SSSR count). The van der Waals surface area contributed by atoms with Gasteiger partial charge < -0.3 is 20.5 Å². The molecule has 0 saturated carbocycles. The normalized spacial score (nSPS) is 10.7. The van der Waals surface area contributed by atoms with Gasteiger partial charge >= 0.3 is 0 Å². The summed E-state index contributed by atoms with van der Waals surface area (Å²) in [4.78, 5) is 24.6. The summed E-state index contributed by atoms with van der Waals surface area (Å²) in [5, 5.41) is 3.93. The van der Waals surface area contributed by atoms with Crippen molar-refractivity contribution in [3.05, 3.63) is 77.9 Å². The number of hydrogen-bond acceptors (Lipinski definition) is 7. The highest BCUT2D eigenvalue weighted by Gasteiger charge is 2.13. The summed E-state index contributed by atoms with van der Waals surface area (Å²) < 4.78 is 11.4. The Morgan fingerprint density at radius 2 is 2.03 bits per heavy atom. The van der Waals surface area contributed by atoms with Crippen LogP contribution in [0.15, 0.2) is 54.7 Å². The number of nitrogens with zero attached hydrogens (tertiary/aromatic N) is 3. The molecule has 8 nitrogen and oxygen atoms in total. The number of anilines is 2. The number of ether oxygens (including phenoxy) is 2. The fourth-order valence-electron chi connectivity index (χ4n) is 3.15. The van der Waals surface area contributed by atoms with Gasteiger partial charge in [-0.1, -0.05) is 6.07 Å². The Morgan fingerprint density at radius 3 is 2.75 bits per heavy atom. The number of nitrogens with one attached hydrogen (secondary N) is 1. The molecule has 8 heteroatoms. The van der Waals surface area contributed by atoms with E-state index < -0.39 is 5.91 Å². The largest absolute Gasteiger partial charge is 0.493 e. The van der Waals surface area contributed by atoms with Gasteiger partial charge in [0.15, 0.2) is 0 Å². The molecule has 0 saturated heterocycles. The first-order valence-electron chi connectivity index (χ1n) is 10.1. The molecule has 0 fully saturated rings. The highest BCUT2D eigenvalue weighted by atomic mass is 16.5. The van der Waals surface area contributed by atoms with Crippen LogP contribution in [-0.4, -0.2) is 27.5 Å². The molecular weight excluding hydrogens is 406 g/mol. The number of carbonyl (C=O) groups is 1. The molecule has 0 unspecified atom stereocenters. The van der Waals surface area contributed by atoms with Crippen molar-refractivity contribution in [1.82, 2.24) is 15.0 Å². The number of aryl methyl sites for hydroxylation is 1. The number of hydrogen-bond donors (Lipinski definition) is 2. The molecule has 2 aromatic heterocycles. The maximum absolute atomic E-state index is 11.8. The molecule has 0 aliphatic rings. The van der Waals surface area contributed by atoms with Crippen molar-refractivity contribution in [3.63, 3.8) is 0 Å². The average Bonchev–Trinajstić information content (AvgIpc) is 2.79. The van der Waals surface area contributed by atoms with Gasteiger partial charge in [-0.15, -0.1) is 0 Å². The first-order valence-corrected chi connectivity index (χ1v) is 10.1. The van der Waals surface area contributed by atoms with Crippen molar-refractivity contribution in [3.8, 4) is 11.5 Å². The standard InChI is InChI=1S/C24H22N5O3/c1-3-31-18-8-9-19-20(13-18)28-24(22(25)30)29-23(19)27-16-7-10-21(15(2)12-16)32-14-17-6-4-5-11-26-17/h4-7,9-13H,3,14H2,1-2H3,(H2,25,30)(H,27,28,29). The van der Waals surface area contributed by atoms with Crippen LogP contribution in [-0.2, 0) is 6.61 Å². The van der Waals surface area contributed by atoms with Crippen molar-refractivity contribution in [1.29, 1.82) is 0 Å². The number of rotatable bonds is 8. The molecule has 1 radical (unpaired) electrons. The Morgan fingerprint density at radius 1 is 1.16 bits per heavy atom. The number of aromatic nitrogens is 3. The predicted octanol–water partition coefficient (Wildman–Crippen LogP) is 3.95. The van der Waals surface area contributed by atoms with Crippen molar-refractivity contribution in [2.75, 3.05) is 11.9 Å². The van der Waals surface area contributed by atoms with Gasteiger partial charge in [-0.05, 0) is 55.8 Å². The number of benzene rings is 2. The van der Waals surface area contributed by atoms with Crippen LogP contribution in [0.1, 0.15) is 28.8 Å². The monoisotopic (exact) mass is 428 g/mol. The summed E-state index contributed by atoms with van der Waals surface area (Å²) >= 11 is 0. The molecule has 0 aliphatic heterocycles. The van der Waals surface area contributed by atoms with E-state index in [-0.39, 0.29) is 5.82 Å². The summed E-state index contributed by atoms with van der Waals surface area (Å²) in [5.41, 5.74) is 8.53. The van der Waals surface area contributed by atoms with E-state index in [0.29, 0.717) is 35.7 Å². The van der Waals surface area contributed by atoms with Gasteiger partial charge in [0.2, 0.25) is 5.82 Å². The minimum Gasteiger partial charge on any atom is -0.493 e. The van der Waals surface area contributed by atoms with Gasteiger partial charge in [-0.25, -0.2) is 9.97 Å². The molecule has 0 spiro atoms. The second-order valence-corrected chi connectivity index (χ2v) is 7.00. The topological polar surface area (TPSA) is 112 Å². The van der Waals surface area contributed by atoms with E-state index in [4.69, 9.17) is 15.2 Å². The lowest BCUT2D eigenvalue weighted by atomic mass is 10.2. The molecular formula is C24H22N5O3. The maximum Gasteiger partial charge on any atom is 0.286 e. The number of primary amides is 1.